The average Bonchev–Trinajstić information content (AvgIpc) is 3.10. The Labute approximate surface area is 156 Å². The lowest BCUT2D eigenvalue weighted by molar-refractivity contribution is 0.0790. The maximum Gasteiger partial charge on any atom is 0.256 e. The molecule has 6 nitrogen and oxygen atoms in total. The summed E-state index contributed by atoms with van der Waals surface area (Å²) in [5, 5.41) is 1.17. The van der Waals surface area contributed by atoms with E-state index >= 15 is 0 Å². The van der Waals surface area contributed by atoms with Crippen molar-refractivity contribution in [2.75, 3.05) is 20.2 Å². The first-order chi connectivity index (χ1) is 13.1. The maximum atomic E-state index is 13.1. The van der Waals surface area contributed by atoms with Gasteiger partial charge in [-0.2, -0.15) is 0 Å². The van der Waals surface area contributed by atoms with E-state index in [1.807, 2.05) is 30.3 Å². The monoisotopic (exact) mass is 363 g/mol. The standard InChI is InChI=1S/C21H21N3O3/c1-27-14-6-4-5-13(9-14)18-11-24(12-19(18)22)21(26)17-10-23-20(25)16-8-3-2-7-15(16)17/h2-10,18-19H,11-12,22H2,1H3,(H,23,25)/t18-,19+/m1/s1. The number of hydrogen-bond donors (Lipinski definition) is 2. The van der Waals surface area contributed by atoms with Crippen LogP contribution in [0.5, 0.6) is 5.75 Å². The number of methoxy groups -OCH3 is 1. The van der Waals surface area contributed by atoms with E-state index in [4.69, 9.17) is 10.5 Å². The number of H-pyrrole nitrogens is 1. The third-order valence-corrected chi connectivity index (χ3v) is 5.21. The zero-order valence-corrected chi connectivity index (χ0v) is 15.0. The van der Waals surface area contributed by atoms with Gasteiger partial charge in [0.25, 0.3) is 11.5 Å². The number of pyridine rings is 1. The van der Waals surface area contributed by atoms with Gasteiger partial charge in [0.1, 0.15) is 5.75 Å². The lowest BCUT2D eigenvalue weighted by Gasteiger charge is -2.18. The molecule has 2 atom stereocenters. The molecule has 0 radical (unpaired) electrons. The molecule has 3 aromatic rings. The van der Waals surface area contributed by atoms with Crippen molar-refractivity contribution in [2.24, 2.45) is 5.73 Å². The number of carbonyl (C=O) groups is 1. The van der Waals surface area contributed by atoms with E-state index in [2.05, 4.69) is 4.98 Å². The molecule has 2 heterocycles. The third kappa shape index (κ3) is 3.08. The number of ether oxygens (including phenoxy) is 1. The molecule has 0 saturated carbocycles. The van der Waals surface area contributed by atoms with Crippen molar-refractivity contribution >= 4 is 16.7 Å². The number of nitrogens with one attached hydrogen (secondary N) is 1. The largest absolute Gasteiger partial charge is 0.497 e. The van der Waals surface area contributed by atoms with Crippen molar-refractivity contribution in [3.63, 3.8) is 0 Å². The molecule has 3 N–H and O–H groups in total. The molecule has 0 unspecified atom stereocenters. The molecule has 0 aliphatic carbocycles. The Bertz CT molecular complexity index is 1060. The normalized spacial score (nSPS) is 19.4. The fourth-order valence-electron chi connectivity index (χ4n) is 3.78. The number of likely N-dealkylation sites (tertiary alicyclic amines) is 1. The molecule has 6 heteroatoms. The van der Waals surface area contributed by atoms with Crippen LogP contribution in [0, 0.1) is 0 Å². The predicted molar refractivity (Wildman–Crippen MR) is 104 cm³/mol. The number of amides is 1. The molecule has 0 bridgehead atoms. The molecule has 1 aromatic heterocycles. The topological polar surface area (TPSA) is 88.4 Å². The van der Waals surface area contributed by atoms with Crippen LogP contribution in [0.4, 0.5) is 0 Å². The number of rotatable bonds is 3. The van der Waals surface area contributed by atoms with E-state index in [1.54, 1.807) is 30.2 Å². The van der Waals surface area contributed by atoms with Crippen LogP contribution in [0.3, 0.4) is 0 Å². The zero-order valence-electron chi connectivity index (χ0n) is 15.0. The average molecular weight is 363 g/mol. The van der Waals surface area contributed by atoms with Crippen LogP contribution in [0.1, 0.15) is 21.8 Å². The van der Waals surface area contributed by atoms with Gasteiger partial charge in [-0.15, -0.1) is 0 Å². The van der Waals surface area contributed by atoms with Gasteiger partial charge in [-0.3, -0.25) is 9.59 Å². The van der Waals surface area contributed by atoms with Gasteiger partial charge in [-0.25, -0.2) is 0 Å². The minimum atomic E-state index is -0.200. The Kier molecular flexibility index (Phi) is 4.41. The second kappa shape index (κ2) is 6.89. The second-order valence-corrected chi connectivity index (χ2v) is 6.83. The Balaban J connectivity index is 1.64. The number of nitrogens with two attached hydrogens (primary N) is 1. The van der Waals surface area contributed by atoms with Crippen molar-refractivity contribution in [2.45, 2.75) is 12.0 Å². The van der Waals surface area contributed by atoms with Crippen LogP contribution >= 0.6 is 0 Å². The lowest BCUT2D eigenvalue weighted by atomic mass is 9.95. The molecule has 1 saturated heterocycles. The smallest absolute Gasteiger partial charge is 0.256 e. The quantitative estimate of drug-likeness (QED) is 0.746. The molecule has 2 aromatic carbocycles. The van der Waals surface area contributed by atoms with E-state index in [-0.39, 0.29) is 23.4 Å². The van der Waals surface area contributed by atoms with E-state index < -0.39 is 0 Å². The molecule has 1 aliphatic heterocycles. The lowest BCUT2D eigenvalue weighted by Crippen LogP contribution is -2.32. The molecular formula is C21H21N3O3. The van der Waals surface area contributed by atoms with Crippen LogP contribution in [0.25, 0.3) is 10.8 Å². The van der Waals surface area contributed by atoms with Gasteiger partial charge in [-0.1, -0.05) is 30.3 Å². The predicted octanol–water partition coefficient (Wildman–Crippen LogP) is 2.10. The van der Waals surface area contributed by atoms with Crippen LogP contribution in [-0.2, 0) is 0 Å². The van der Waals surface area contributed by atoms with Gasteiger partial charge in [0.15, 0.2) is 0 Å². The second-order valence-electron chi connectivity index (χ2n) is 6.83. The molecule has 4 rings (SSSR count). The number of nitrogens with zero attached hydrogens (tertiary/aromatic N) is 1. The zero-order chi connectivity index (χ0) is 19.0. The van der Waals surface area contributed by atoms with Gasteiger partial charge < -0.3 is 20.4 Å². The number of aromatic amines is 1. The van der Waals surface area contributed by atoms with E-state index in [9.17, 15) is 9.59 Å². The summed E-state index contributed by atoms with van der Waals surface area (Å²) in [5.41, 5.74) is 7.70. The Morgan fingerprint density at radius 1 is 1.15 bits per heavy atom. The molecule has 1 aliphatic rings. The summed E-state index contributed by atoms with van der Waals surface area (Å²) in [4.78, 5) is 29.6. The summed E-state index contributed by atoms with van der Waals surface area (Å²) in [5.74, 6) is 0.692. The van der Waals surface area contributed by atoms with Crippen LogP contribution in [0.2, 0.25) is 0 Å². The highest BCUT2D eigenvalue weighted by atomic mass is 16.5. The first kappa shape index (κ1) is 17.3. The number of benzene rings is 2. The molecule has 138 valence electrons. The highest BCUT2D eigenvalue weighted by Crippen LogP contribution is 2.30. The SMILES string of the molecule is COc1cccc([C@H]2CN(C(=O)c3c[nH]c(=O)c4ccccc34)C[C@@H]2N)c1. The Morgan fingerprint density at radius 3 is 2.70 bits per heavy atom. The van der Waals surface area contributed by atoms with E-state index in [1.165, 1.54) is 6.20 Å². The highest BCUT2D eigenvalue weighted by Gasteiger charge is 2.35. The number of hydrogen-bond acceptors (Lipinski definition) is 4. The maximum absolute atomic E-state index is 13.1. The molecule has 0 spiro atoms. The van der Waals surface area contributed by atoms with Crippen LogP contribution in [0.15, 0.2) is 59.5 Å². The van der Waals surface area contributed by atoms with Crippen molar-refractivity contribution in [3.05, 3.63) is 76.2 Å². The number of fused-ring (bicyclic) bond motifs is 1. The van der Waals surface area contributed by atoms with Crippen LogP contribution in [-0.4, -0.2) is 42.0 Å². The first-order valence-corrected chi connectivity index (χ1v) is 8.87. The van der Waals surface area contributed by atoms with Gasteiger partial charge in [0, 0.05) is 42.0 Å². The number of carbonyl (C=O) groups excluding carboxylic acids is 1. The summed E-state index contributed by atoms with van der Waals surface area (Å²) in [6.07, 6.45) is 1.50. The van der Waals surface area contributed by atoms with Gasteiger partial charge >= 0.3 is 0 Å². The first-order valence-electron chi connectivity index (χ1n) is 8.87. The molecular weight excluding hydrogens is 342 g/mol. The van der Waals surface area contributed by atoms with Gasteiger partial charge in [0.05, 0.1) is 12.7 Å². The molecule has 27 heavy (non-hydrogen) atoms. The summed E-state index contributed by atoms with van der Waals surface area (Å²) in [7, 11) is 1.63. The fourth-order valence-corrected chi connectivity index (χ4v) is 3.78. The summed E-state index contributed by atoms with van der Waals surface area (Å²) >= 11 is 0. The van der Waals surface area contributed by atoms with Crippen molar-refractivity contribution in [3.8, 4) is 5.75 Å². The van der Waals surface area contributed by atoms with Gasteiger partial charge in [0.2, 0.25) is 0 Å². The highest BCUT2D eigenvalue weighted by molar-refractivity contribution is 6.06. The third-order valence-electron chi connectivity index (χ3n) is 5.21. The van der Waals surface area contributed by atoms with Crippen molar-refractivity contribution in [1.29, 1.82) is 0 Å². The Morgan fingerprint density at radius 2 is 1.93 bits per heavy atom. The van der Waals surface area contributed by atoms with Crippen molar-refractivity contribution < 1.29 is 9.53 Å². The summed E-state index contributed by atoms with van der Waals surface area (Å²) in [6.45, 7) is 0.995. The van der Waals surface area contributed by atoms with E-state index in [0.717, 1.165) is 11.3 Å². The number of aromatic nitrogens is 1. The van der Waals surface area contributed by atoms with Crippen LogP contribution < -0.4 is 16.0 Å². The van der Waals surface area contributed by atoms with Gasteiger partial charge in [-0.05, 0) is 23.8 Å². The fraction of sp³-hybridized carbons (Fsp3) is 0.238. The van der Waals surface area contributed by atoms with E-state index in [0.29, 0.717) is 29.4 Å². The Hall–Kier alpha value is -3.12. The summed E-state index contributed by atoms with van der Waals surface area (Å²) in [6, 6.07) is 14.8. The molecule has 1 fully saturated rings. The minimum Gasteiger partial charge on any atom is -0.497 e. The summed E-state index contributed by atoms with van der Waals surface area (Å²) < 4.78 is 5.30. The van der Waals surface area contributed by atoms with Crippen molar-refractivity contribution in [1.82, 2.24) is 9.88 Å². The molecule has 1 amide bonds. The minimum absolute atomic E-state index is 0.0399.